The van der Waals surface area contributed by atoms with Crippen LogP contribution in [0.1, 0.15) is 19.3 Å². The lowest BCUT2D eigenvalue weighted by Crippen LogP contribution is -2.21. The first-order chi connectivity index (χ1) is 4.73. The van der Waals surface area contributed by atoms with Crippen molar-refractivity contribution in [1.29, 1.82) is 0 Å². The summed E-state index contributed by atoms with van der Waals surface area (Å²) in [6.07, 6.45) is 4.22. The molecule has 1 fully saturated rings. The van der Waals surface area contributed by atoms with Crippen LogP contribution in [0.5, 0.6) is 0 Å². The molecule has 1 aliphatic rings. The molecular formula is C5H14NO3P. The van der Waals surface area contributed by atoms with Crippen molar-refractivity contribution >= 4 is 8.60 Å². The van der Waals surface area contributed by atoms with Crippen molar-refractivity contribution in [3.8, 4) is 0 Å². The largest absolute Gasteiger partial charge is 0.328 e. The lowest BCUT2D eigenvalue weighted by atomic mass is 10.2. The molecule has 0 atom stereocenters. The number of hydrogen-bond donors (Lipinski definition) is 4. The Morgan fingerprint density at radius 1 is 0.900 bits per heavy atom. The highest BCUT2D eigenvalue weighted by Gasteiger charge is 1.93. The van der Waals surface area contributed by atoms with Crippen molar-refractivity contribution < 1.29 is 14.7 Å². The molecular weight excluding hydrogens is 153 g/mol. The van der Waals surface area contributed by atoms with Gasteiger partial charge in [-0.2, -0.15) is 0 Å². The molecule has 5 heteroatoms. The van der Waals surface area contributed by atoms with Crippen LogP contribution in [0.2, 0.25) is 0 Å². The minimum absolute atomic E-state index is 1.25. The molecule has 0 aliphatic carbocycles. The molecule has 0 radical (unpaired) electrons. The first kappa shape index (κ1) is 10.3. The molecule has 0 saturated carbocycles. The predicted octanol–water partition coefficient (Wildman–Crippen LogP) is -0.0499. The van der Waals surface area contributed by atoms with Gasteiger partial charge in [-0.15, -0.1) is 0 Å². The van der Waals surface area contributed by atoms with E-state index in [1.165, 1.54) is 32.4 Å². The molecule has 0 spiro atoms. The van der Waals surface area contributed by atoms with Gasteiger partial charge in [-0.1, -0.05) is 6.42 Å². The van der Waals surface area contributed by atoms with E-state index in [-0.39, 0.29) is 0 Å². The summed E-state index contributed by atoms with van der Waals surface area (Å²) in [5, 5.41) is 3.28. The fraction of sp³-hybridized carbons (Fsp3) is 1.00. The normalized spacial score (nSPS) is 18.0. The van der Waals surface area contributed by atoms with Crippen molar-refractivity contribution in [3.05, 3.63) is 0 Å². The quantitative estimate of drug-likeness (QED) is 0.382. The standard InChI is InChI=1S/C5H11N.H3O3P/c1-2-4-6-5-3-1;1-4(2)3/h6H,1-5H2;1-3H. The van der Waals surface area contributed by atoms with Crippen LogP contribution >= 0.6 is 8.60 Å². The fourth-order valence-corrected chi connectivity index (χ4v) is 0.802. The molecule has 0 aromatic heterocycles. The highest BCUT2D eigenvalue weighted by Crippen LogP contribution is 2.11. The highest BCUT2D eigenvalue weighted by molar-refractivity contribution is 7.38. The topological polar surface area (TPSA) is 72.7 Å². The Hall–Kier alpha value is 0.270. The summed E-state index contributed by atoms with van der Waals surface area (Å²) in [5.41, 5.74) is 0. The Morgan fingerprint density at radius 3 is 1.40 bits per heavy atom. The molecule has 0 aromatic rings. The van der Waals surface area contributed by atoms with Gasteiger partial charge in [0.15, 0.2) is 0 Å². The Morgan fingerprint density at radius 2 is 1.30 bits per heavy atom. The summed E-state index contributed by atoms with van der Waals surface area (Å²) < 4.78 is 0. The summed E-state index contributed by atoms with van der Waals surface area (Å²) in [7, 11) is -2.62. The first-order valence-corrected chi connectivity index (χ1v) is 4.51. The SMILES string of the molecule is C1CCNCC1.OP(O)O. The number of piperidine rings is 1. The van der Waals surface area contributed by atoms with E-state index in [0.29, 0.717) is 0 Å². The third kappa shape index (κ3) is 11.1. The summed E-state index contributed by atoms with van der Waals surface area (Å²) in [4.78, 5) is 21.7. The first-order valence-electron chi connectivity index (χ1n) is 3.31. The third-order valence-electron chi connectivity index (χ3n) is 1.21. The summed E-state index contributed by atoms with van der Waals surface area (Å²) in [6, 6.07) is 0. The Labute approximate surface area is 61.9 Å². The smallest absolute Gasteiger partial charge is 0.324 e. The van der Waals surface area contributed by atoms with Gasteiger partial charge in [-0.05, 0) is 25.9 Å². The second-order valence-electron chi connectivity index (χ2n) is 2.08. The molecule has 0 bridgehead atoms. The lowest BCUT2D eigenvalue weighted by Gasteiger charge is -2.08. The molecule has 1 heterocycles. The van der Waals surface area contributed by atoms with Crippen LogP contribution in [0, 0.1) is 0 Å². The van der Waals surface area contributed by atoms with E-state index in [1.807, 2.05) is 0 Å². The van der Waals surface area contributed by atoms with Crippen LogP contribution < -0.4 is 5.32 Å². The summed E-state index contributed by atoms with van der Waals surface area (Å²) >= 11 is 0. The molecule has 1 aliphatic heterocycles. The van der Waals surface area contributed by atoms with Crippen molar-refractivity contribution in [2.75, 3.05) is 13.1 Å². The average molecular weight is 167 g/mol. The van der Waals surface area contributed by atoms with Crippen molar-refractivity contribution in [3.63, 3.8) is 0 Å². The Balaban J connectivity index is 0.000000180. The minimum Gasteiger partial charge on any atom is -0.328 e. The van der Waals surface area contributed by atoms with E-state index in [1.54, 1.807) is 0 Å². The van der Waals surface area contributed by atoms with E-state index in [4.69, 9.17) is 14.7 Å². The summed E-state index contributed by atoms with van der Waals surface area (Å²) in [6.45, 7) is 2.50. The predicted molar refractivity (Wildman–Crippen MR) is 40.3 cm³/mol. The molecule has 0 aromatic carbocycles. The Kier molecular flexibility index (Phi) is 7.58. The van der Waals surface area contributed by atoms with Crippen LogP contribution in [-0.4, -0.2) is 27.8 Å². The lowest BCUT2D eigenvalue weighted by molar-refractivity contribution is 0.368. The molecule has 1 saturated heterocycles. The van der Waals surface area contributed by atoms with Crippen molar-refractivity contribution in [2.24, 2.45) is 0 Å². The second-order valence-corrected chi connectivity index (χ2v) is 2.62. The minimum atomic E-state index is -2.62. The van der Waals surface area contributed by atoms with Gasteiger partial charge in [-0.3, -0.25) is 0 Å². The fourth-order valence-electron chi connectivity index (χ4n) is 0.802. The van der Waals surface area contributed by atoms with Gasteiger partial charge >= 0.3 is 8.60 Å². The van der Waals surface area contributed by atoms with Gasteiger partial charge in [0.2, 0.25) is 0 Å². The van der Waals surface area contributed by atoms with Crippen molar-refractivity contribution in [1.82, 2.24) is 5.32 Å². The van der Waals surface area contributed by atoms with Gasteiger partial charge in [0, 0.05) is 0 Å². The van der Waals surface area contributed by atoms with E-state index in [2.05, 4.69) is 5.32 Å². The van der Waals surface area contributed by atoms with Gasteiger partial charge < -0.3 is 20.0 Å². The van der Waals surface area contributed by atoms with Crippen LogP contribution in [0.15, 0.2) is 0 Å². The van der Waals surface area contributed by atoms with Crippen LogP contribution in [0.3, 0.4) is 0 Å². The van der Waals surface area contributed by atoms with Crippen LogP contribution in [0.4, 0.5) is 0 Å². The average Bonchev–Trinajstić information content (AvgIpc) is 1.90. The molecule has 4 nitrogen and oxygen atoms in total. The van der Waals surface area contributed by atoms with Gasteiger partial charge in [0.05, 0.1) is 0 Å². The maximum atomic E-state index is 7.23. The zero-order valence-corrected chi connectivity index (χ0v) is 6.72. The molecule has 62 valence electrons. The van der Waals surface area contributed by atoms with Crippen LogP contribution in [0.25, 0.3) is 0 Å². The van der Waals surface area contributed by atoms with Crippen molar-refractivity contribution in [2.45, 2.75) is 19.3 Å². The van der Waals surface area contributed by atoms with E-state index >= 15 is 0 Å². The molecule has 4 N–H and O–H groups in total. The van der Waals surface area contributed by atoms with Gasteiger partial charge in [0.1, 0.15) is 0 Å². The monoisotopic (exact) mass is 167 g/mol. The third-order valence-corrected chi connectivity index (χ3v) is 1.21. The zero-order chi connectivity index (χ0) is 7.82. The highest BCUT2D eigenvalue weighted by atomic mass is 31.2. The van der Waals surface area contributed by atoms with E-state index in [0.717, 1.165) is 0 Å². The number of hydrogen-bond acceptors (Lipinski definition) is 4. The van der Waals surface area contributed by atoms with Crippen LogP contribution in [-0.2, 0) is 0 Å². The van der Waals surface area contributed by atoms with E-state index in [9.17, 15) is 0 Å². The Bertz CT molecular complexity index is 53.6. The molecule has 0 unspecified atom stereocenters. The number of nitrogens with one attached hydrogen (secondary N) is 1. The maximum Gasteiger partial charge on any atom is 0.324 e. The summed E-state index contributed by atoms with van der Waals surface area (Å²) in [5.74, 6) is 0. The molecule has 0 amide bonds. The van der Waals surface area contributed by atoms with Gasteiger partial charge in [0.25, 0.3) is 0 Å². The van der Waals surface area contributed by atoms with Gasteiger partial charge in [-0.25, -0.2) is 0 Å². The van der Waals surface area contributed by atoms with E-state index < -0.39 is 8.60 Å². The molecule has 10 heavy (non-hydrogen) atoms. The zero-order valence-electron chi connectivity index (χ0n) is 5.82. The number of rotatable bonds is 0. The second kappa shape index (κ2) is 7.38. The molecule has 1 rings (SSSR count). The maximum absolute atomic E-state index is 7.23.